The molecule has 1 rings (SSSR count). The SMILES string of the molecule is CN(C)c1ncc(C(=O)O)o1. The van der Waals surface area contributed by atoms with Gasteiger partial charge in [0.25, 0.3) is 6.01 Å². The van der Waals surface area contributed by atoms with Crippen LogP contribution in [0, 0.1) is 0 Å². The topological polar surface area (TPSA) is 66.6 Å². The van der Waals surface area contributed by atoms with E-state index in [0.717, 1.165) is 0 Å². The van der Waals surface area contributed by atoms with Crippen molar-refractivity contribution in [2.75, 3.05) is 19.0 Å². The summed E-state index contributed by atoms with van der Waals surface area (Å²) in [5, 5.41) is 8.43. The summed E-state index contributed by atoms with van der Waals surface area (Å²) in [5.41, 5.74) is 0. The molecule has 0 fully saturated rings. The molecule has 0 spiro atoms. The van der Waals surface area contributed by atoms with Crippen LogP contribution in [0.3, 0.4) is 0 Å². The van der Waals surface area contributed by atoms with E-state index in [2.05, 4.69) is 4.98 Å². The lowest BCUT2D eigenvalue weighted by atomic mass is 10.5. The van der Waals surface area contributed by atoms with E-state index >= 15 is 0 Å². The van der Waals surface area contributed by atoms with Crippen molar-refractivity contribution in [2.45, 2.75) is 0 Å². The molecule has 0 aliphatic carbocycles. The minimum absolute atomic E-state index is 0.145. The predicted octanol–water partition coefficient (Wildman–Crippen LogP) is 0.439. The first-order valence-corrected chi connectivity index (χ1v) is 2.97. The van der Waals surface area contributed by atoms with Crippen molar-refractivity contribution in [2.24, 2.45) is 0 Å². The van der Waals surface area contributed by atoms with Crippen molar-refractivity contribution in [3.8, 4) is 0 Å². The van der Waals surface area contributed by atoms with E-state index in [1.54, 1.807) is 19.0 Å². The van der Waals surface area contributed by atoms with Gasteiger partial charge in [-0.25, -0.2) is 9.78 Å². The van der Waals surface area contributed by atoms with Gasteiger partial charge >= 0.3 is 5.97 Å². The average molecular weight is 156 g/mol. The smallest absolute Gasteiger partial charge is 0.373 e. The highest BCUT2D eigenvalue weighted by atomic mass is 16.4. The van der Waals surface area contributed by atoms with Crippen molar-refractivity contribution in [3.05, 3.63) is 12.0 Å². The molecule has 0 unspecified atom stereocenters. The molecule has 1 N–H and O–H groups in total. The highest BCUT2D eigenvalue weighted by Gasteiger charge is 2.10. The lowest BCUT2D eigenvalue weighted by molar-refractivity contribution is 0.0663. The molecule has 5 nitrogen and oxygen atoms in total. The molecule has 1 aromatic heterocycles. The maximum Gasteiger partial charge on any atom is 0.373 e. The summed E-state index contributed by atoms with van der Waals surface area (Å²) >= 11 is 0. The number of hydrogen-bond donors (Lipinski definition) is 1. The van der Waals surface area contributed by atoms with Gasteiger partial charge in [0, 0.05) is 14.1 Å². The largest absolute Gasteiger partial charge is 0.475 e. The van der Waals surface area contributed by atoms with E-state index < -0.39 is 5.97 Å². The molecule has 0 aliphatic rings. The first kappa shape index (κ1) is 7.59. The lowest BCUT2D eigenvalue weighted by Gasteiger charge is -2.03. The first-order valence-electron chi connectivity index (χ1n) is 2.97. The van der Waals surface area contributed by atoms with Crippen LogP contribution in [0.1, 0.15) is 10.6 Å². The zero-order valence-corrected chi connectivity index (χ0v) is 6.24. The van der Waals surface area contributed by atoms with Crippen LogP contribution >= 0.6 is 0 Å². The Morgan fingerprint density at radius 3 is 2.64 bits per heavy atom. The van der Waals surface area contributed by atoms with E-state index in [-0.39, 0.29) is 5.76 Å². The van der Waals surface area contributed by atoms with Crippen molar-refractivity contribution in [1.82, 2.24) is 4.98 Å². The van der Waals surface area contributed by atoms with Crippen LogP contribution in [-0.2, 0) is 0 Å². The zero-order valence-electron chi connectivity index (χ0n) is 6.24. The van der Waals surface area contributed by atoms with Gasteiger partial charge in [-0.2, -0.15) is 0 Å². The molecular formula is C6H8N2O3. The summed E-state index contributed by atoms with van der Waals surface area (Å²) in [6.07, 6.45) is 1.18. The molecule has 1 heterocycles. The molecule has 0 aliphatic heterocycles. The Labute approximate surface area is 63.3 Å². The van der Waals surface area contributed by atoms with Crippen molar-refractivity contribution in [1.29, 1.82) is 0 Å². The first-order chi connectivity index (χ1) is 5.11. The Balaban J connectivity index is 2.90. The molecular weight excluding hydrogens is 148 g/mol. The fourth-order valence-electron chi connectivity index (χ4n) is 0.571. The Bertz CT molecular complexity index is 267. The average Bonchev–Trinajstić information content (AvgIpc) is 2.33. The third-order valence-electron chi connectivity index (χ3n) is 1.09. The minimum atomic E-state index is -1.11. The predicted molar refractivity (Wildman–Crippen MR) is 37.8 cm³/mol. The second-order valence-corrected chi connectivity index (χ2v) is 2.21. The van der Waals surface area contributed by atoms with Gasteiger partial charge in [0.05, 0.1) is 6.20 Å². The van der Waals surface area contributed by atoms with Crippen LogP contribution in [0.4, 0.5) is 6.01 Å². The number of nitrogens with zero attached hydrogens (tertiary/aromatic N) is 2. The number of rotatable bonds is 2. The molecule has 0 atom stereocenters. The van der Waals surface area contributed by atoms with Crippen molar-refractivity contribution >= 4 is 12.0 Å². The number of aromatic nitrogens is 1. The van der Waals surface area contributed by atoms with Crippen LogP contribution in [-0.4, -0.2) is 30.2 Å². The van der Waals surface area contributed by atoms with E-state index in [1.165, 1.54) is 6.20 Å². The third kappa shape index (κ3) is 1.49. The van der Waals surface area contributed by atoms with Crippen LogP contribution in [0.15, 0.2) is 10.6 Å². The number of carbonyl (C=O) groups is 1. The fraction of sp³-hybridized carbons (Fsp3) is 0.333. The second kappa shape index (κ2) is 2.61. The van der Waals surface area contributed by atoms with Gasteiger partial charge in [-0.15, -0.1) is 0 Å². The highest BCUT2D eigenvalue weighted by molar-refractivity contribution is 5.84. The van der Waals surface area contributed by atoms with Gasteiger partial charge in [-0.05, 0) is 0 Å². The molecule has 0 aromatic carbocycles. The normalized spacial score (nSPS) is 9.64. The second-order valence-electron chi connectivity index (χ2n) is 2.21. The van der Waals surface area contributed by atoms with E-state index in [1.807, 2.05) is 0 Å². The van der Waals surface area contributed by atoms with E-state index in [0.29, 0.717) is 6.01 Å². The summed E-state index contributed by atoms with van der Waals surface area (Å²) in [6, 6.07) is 0.294. The molecule has 0 saturated heterocycles. The molecule has 0 radical (unpaired) electrons. The van der Waals surface area contributed by atoms with Crippen molar-refractivity contribution in [3.63, 3.8) is 0 Å². The molecule has 0 bridgehead atoms. The van der Waals surface area contributed by atoms with Gasteiger partial charge in [-0.1, -0.05) is 0 Å². The van der Waals surface area contributed by atoms with Crippen LogP contribution in [0.2, 0.25) is 0 Å². The monoisotopic (exact) mass is 156 g/mol. The molecule has 0 saturated carbocycles. The molecule has 5 heteroatoms. The van der Waals surface area contributed by atoms with E-state index in [4.69, 9.17) is 9.52 Å². The quantitative estimate of drug-likeness (QED) is 0.672. The highest BCUT2D eigenvalue weighted by Crippen LogP contribution is 2.10. The van der Waals surface area contributed by atoms with Gasteiger partial charge < -0.3 is 14.4 Å². The Hall–Kier alpha value is -1.52. The lowest BCUT2D eigenvalue weighted by Crippen LogP contribution is -2.08. The number of carboxylic acid groups (broad SMARTS) is 1. The summed E-state index contributed by atoms with van der Waals surface area (Å²) in [4.78, 5) is 15.6. The number of aromatic carboxylic acids is 1. The van der Waals surface area contributed by atoms with Crippen molar-refractivity contribution < 1.29 is 14.3 Å². The standard InChI is InChI=1S/C6H8N2O3/c1-8(2)6-7-3-4(11-6)5(9)10/h3H,1-2H3,(H,9,10). The Morgan fingerprint density at radius 2 is 2.36 bits per heavy atom. The maximum absolute atomic E-state index is 10.3. The zero-order chi connectivity index (χ0) is 8.43. The number of anilines is 1. The van der Waals surface area contributed by atoms with Crippen LogP contribution < -0.4 is 4.90 Å². The molecule has 0 amide bonds. The number of oxazole rings is 1. The third-order valence-corrected chi connectivity index (χ3v) is 1.09. The van der Waals surface area contributed by atoms with Gasteiger partial charge in [0.15, 0.2) is 0 Å². The van der Waals surface area contributed by atoms with Crippen LogP contribution in [0.5, 0.6) is 0 Å². The van der Waals surface area contributed by atoms with Gasteiger partial charge in [-0.3, -0.25) is 0 Å². The van der Waals surface area contributed by atoms with Gasteiger partial charge in [0.1, 0.15) is 0 Å². The summed E-state index contributed by atoms with van der Waals surface area (Å²) in [5.74, 6) is -1.25. The molecule has 60 valence electrons. The number of hydrogen-bond acceptors (Lipinski definition) is 4. The molecule has 1 aromatic rings. The molecule has 11 heavy (non-hydrogen) atoms. The Kier molecular flexibility index (Phi) is 1.80. The summed E-state index contributed by atoms with van der Waals surface area (Å²) < 4.78 is 4.82. The number of carboxylic acids is 1. The maximum atomic E-state index is 10.3. The fourth-order valence-corrected chi connectivity index (χ4v) is 0.571. The van der Waals surface area contributed by atoms with Crippen LogP contribution in [0.25, 0.3) is 0 Å². The summed E-state index contributed by atoms with van der Waals surface area (Å²) in [6.45, 7) is 0. The van der Waals surface area contributed by atoms with E-state index in [9.17, 15) is 4.79 Å². The Morgan fingerprint density at radius 1 is 1.73 bits per heavy atom. The summed E-state index contributed by atoms with van der Waals surface area (Å²) in [7, 11) is 3.44. The minimum Gasteiger partial charge on any atom is -0.475 e. The van der Waals surface area contributed by atoms with Gasteiger partial charge in [0.2, 0.25) is 5.76 Å².